The Morgan fingerprint density at radius 1 is 1.00 bits per heavy atom. The third kappa shape index (κ3) is 4.53. The van der Waals surface area contributed by atoms with Gasteiger partial charge in [0.15, 0.2) is 0 Å². The van der Waals surface area contributed by atoms with Gasteiger partial charge in [-0.1, -0.05) is 18.2 Å². The summed E-state index contributed by atoms with van der Waals surface area (Å²) >= 11 is 1.49. The molecule has 0 atom stereocenters. The molecule has 0 spiro atoms. The predicted octanol–water partition coefficient (Wildman–Crippen LogP) is 4.50. The molecule has 1 aliphatic carbocycles. The minimum Gasteiger partial charge on any atom is -0.349 e. The molecule has 1 aliphatic heterocycles. The average Bonchev–Trinajstić information content (AvgIpc) is 3.49. The van der Waals surface area contributed by atoms with Crippen LogP contribution in [0.4, 0.5) is 11.4 Å². The van der Waals surface area contributed by atoms with Crippen molar-refractivity contribution in [1.82, 2.24) is 15.1 Å². The van der Waals surface area contributed by atoms with Crippen LogP contribution in [0.3, 0.4) is 0 Å². The largest absolute Gasteiger partial charge is 0.349 e. The van der Waals surface area contributed by atoms with Crippen LogP contribution in [0.15, 0.2) is 66.9 Å². The molecule has 8 nitrogen and oxygen atoms in total. The molecule has 2 N–H and O–H groups in total. The minimum atomic E-state index is -0.267. The molecule has 3 heterocycles. The molecule has 4 aromatic rings. The zero-order chi connectivity index (χ0) is 25.5. The first-order chi connectivity index (χ1) is 18.0. The van der Waals surface area contributed by atoms with E-state index in [1.54, 1.807) is 48.5 Å². The van der Waals surface area contributed by atoms with Crippen molar-refractivity contribution in [2.75, 3.05) is 16.8 Å². The molecule has 0 unspecified atom stereocenters. The van der Waals surface area contributed by atoms with Crippen molar-refractivity contribution in [3.8, 4) is 10.4 Å². The second kappa shape index (κ2) is 9.33. The van der Waals surface area contributed by atoms with Gasteiger partial charge in [-0.05, 0) is 67.3 Å². The number of nitrogens with zero attached hydrogens (tertiary/aromatic N) is 3. The molecule has 186 valence electrons. The van der Waals surface area contributed by atoms with E-state index in [1.807, 2.05) is 30.3 Å². The van der Waals surface area contributed by atoms with E-state index >= 15 is 0 Å². The Bertz CT molecular complexity index is 1520. The monoisotopic (exact) mass is 511 g/mol. The normalized spacial score (nSPS) is 14.4. The van der Waals surface area contributed by atoms with Crippen LogP contribution in [0.1, 0.15) is 48.9 Å². The first-order valence-corrected chi connectivity index (χ1v) is 13.0. The second-order valence-electron chi connectivity index (χ2n) is 9.31. The van der Waals surface area contributed by atoms with E-state index < -0.39 is 0 Å². The Kier molecular flexibility index (Phi) is 5.84. The molecule has 3 amide bonds. The van der Waals surface area contributed by atoms with Crippen molar-refractivity contribution in [2.45, 2.75) is 25.3 Å². The van der Waals surface area contributed by atoms with E-state index in [0.717, 1.165) is 39.4 Å². The van der Waals surface area contributed by atoms with Gasteiger partial charge >= 0.3 is 0 Å². The number of nitrogens with one attached hydrogen (secondary N) is 2. The number of aryl methyl sites for hydroxylation is 1. The van der Waals surface area contributed by atoms with Gasteiger partial charge in [-0.2, -0.15) is 5.10 Å². The Morgan fingerprint density at radius 2 is 1.78 bits per heavy atom. The maximum atomic E-state index is 13.6. The summed E-state index contributed by atoms with van der Waals surface area (Å²) in [5, 5.41) is 9.93. The lowest BCUT2D eigenvalue weighted by Gasteiger charge is -2.23. The number of aromatic nitrogens is 2. The third-order valence-corrected chi connectivity index (χ3v) is 7.89. The summed E-state index contributed by atoms with van der Waals surface area (Å²) in [5.74, 6) is -0.391. The Balaban J connectivity index is 1.23. The van der Waals surface area contributed by atoms with Gasteiger partial charge in [0.05, 0.1) is 10.6 Å². The first kappa shape index (κ1) is 23.2. The fourth-order valence-electron chi connectivity index (χ4n) is 4.55. The lowest BCUT2D eigenvalue weighted by molar-refractivity contribution is 0.0952. The van der Waals surface area contributed by atoms with E-state index in [9.17, 15) is 14.4 Å². The Hall–Kier alpha value is -4.24. The van der Waals surface area contributed by atoms with Gasteiger partial charge < -0.3 is 15.5 Å². The number of carbonyl (C=O) groups is 3. The van der Waals surface area contributed by atoms with Gasteiger partial charge in [-0.15, -0.1) is 11.3 Å². The van der Waals surface area contributed by atoms with E-state index in [-0.39, 0.29) is 17.7 Å². The SMILES string of the molecule is Cn1nccc1C(=O)Nc1ccc(C(=O)N2CCc3cc(C(=O)NC4CC4)sc3-c3ccccc32)cc1. The van der Waals surface area contributed by atoms with Crippen molar-refractivity contribution in [3.05, 3.63) is 88.6 Å². The van der Waals surface area contributed by atoms with Gasteiger partial charge in [0.2, 0.25) is 0 Å². The predicted molar refractivity (Wildman–Crippen MR) is 143 cm³/mol. The number of carbonyl (C=O) groups excluding carboxylic acids is 3. The second-order valence-corrected chi connectivity index (χ2v) is 10.4. The van der Waals surface area contributed by atoms with Gasteiger partial charge in [0.1, 0.15) is 5.69 Å². The summed E-state index contributed by atoms with van der Waals surface area (Å²) in [6.45, 7) is 0.502. The average molecular weight is 512 g/mol. The molecule has 1 saturated carbocycles. The van der Waals surface area contributed by atoms with Crippen LogP contribution < -0.4 is 15.5 Å². The number of hydrogen-bond donors (Lipinski definition) is 2. The van der Waals surface area contributed by atoms with Crippen LogP contribution in [0.2, 0.25) is 0 Å². The van der Waals surface area contributed by atoms with E-state index in [0.29, 0.717) is 36.0 Å². The molecule has 0 bridgehead atoms. The number of amides is 3. The van der Waals surface area contributed by atoms with Crippen molar-refractivity contribution in [3.63, 3.8) is 0 Å². The summed E-state index contributed by atoms with van der Waals surface area (Å²) in [5.41, 5.74) is 4.44. The van der Waals surface area contributed by atoms with Crippen LogP contribution in [0.25, 0.3) is 10.4 Å². The van der Waals surface area contributed by atoms with E-state index in [4.69, 9.17) is 0 Å². The summed E-state index contributed by atoms with van der Waals surface area (Å²) in [7, 11) is 1.71. The molecule has 37 heavy (non-hydrogen) atoms. The smallest absolute Gasteiger partial charge is 0.273 e. The third-order valence-electron chi connectivity index (χ3n) is 6.68. The molecule has 0 radical (unpaired) electrons. The quantitative estimate of drug-likeness (QED) is 0.413. The number of para-hydroxylation sites is 1. The topological polar surface area (TPSA) is 96.3 Å². The van der Waals surface area contributed by atoms with Gasteiger partial charge in [0, 0.05) is 47.5 Å². The minimum absolute atomic E-state index is 0.0124. The number of hydrogen-bond acceptors (Lipinski definition) is 5. The van der Waals surface area contributed by atoms with Crippen molar-refractivity contribution < 1.29 is 14.4 Å². The summed E-state index contributed by atoms with van der Waals surface area (Å²) < 4.78 is 1.51. The zero-order valence-electron chi connectivity index (χ0n) is 20.2. The fourth-order valence-corrected chi connectivity index (χ4v) is 5.69. The van der Waals surface area contributed by atoms with E-state index in [2.05, 4.69) is 15.7 Å². The van der Waals surface area contributed by atoms with Gasteiger partial charge in [0.25, 0.3) is 17.7 Å². The van der Waals surface area contributed by atoms with Crippen molar-refractivity contribution >= 4 is 40.4 Å². The van der Waals surface area contributed by atoms with Crippen LogP contribution in [0, 0.1) is 0 Å². The van der Waals surface area contributed by atoms with Gasteiger partial charge in [-0.3, -0.25) is 19.1 Å². The molecule has 2 aliphatic rings. The molecule has 9 heteroatoms. The highest BCUT2D eigenvalue weighted by Crippen LogP contribution is 2.42. The number of fused-ring (bicyclic) bond motifs is 3. The first-order valence-electron chi connectivity index (χ1n) is 12.2. The standard InChI is InChI=1S/C28H25N5O3S/c1-32-23(12-14-29-32)26(34)30-19-8-6-17(7-9-19)28(36)33-15-13-18-16-24(27(35)31-20-10-11-20)37-25(18)21-4-2-3-5-22(21)33/h2-9,12,14,16,20H,10-11,13,15H2,1H3,(H,30,34)(H,31,35). The molecule has 2 aromatic heterocycles. The Morgan fingerprint density at radius 3 is 2.51 bits per heavy atom. The molecule has 0 saturated heterocycles. The molecule has 1 fully saturated rings. The highest BCUT2D eigenvalue weighted by Gasteiger charge is 2.29. The molecule has 6 rings (SSSR count). The number of rotatable bonds is 5. The van der Waals surface area contributed by atoms with Gasteiger partial charge in [-0.25, -0.2) is 0 Å². The lowest BCUT2D eigenvalue weighted by Crippen LogP contribution is -2.32. The summed E-state index contributed by atoms with van der Waals surface area (Å²) in [6.07, 6.45) is 4.32. The number of anilines is 2. The van der Waals surface area contributed by atoms with Crippen LogP contribution in [-0.2, 0) is 13.5 Å². The summed E-state index contributed by atoms with van der Waals surface area (Å²) in [6, 6.07) is 18.7. The maximum Gasteiger partial charge on any atom is 0.273 e. The maximum absolute atomic E-state index is 13.6. The highest BCUT2D eigenvalue weighted by atomic mass is 32.1. The van der Waals surface area contributed by atoms with Crippen molar-refractivity contribution in [2.24, 2.45) is 7.05 Å². The molecular weight excluding hydrogens is 486 g/mol. The number of benzene rings is 2. The molecule has 2 aromatic carbocycles. The van der Waals surface area contributed by atoms with Crippen molar-refractivity contribution in [1.29, 1.82) is 0 Å². The summed E-state index contributed by atoms with van der Waals surface area (Å²) in [4.78, 5) is 42.3. The number of thiophene rings is 1. The zero-order valence-corrected chi connectivity index (χ0v) is 21.0. The highest BCUT2D eigenvalue weighted by molar-refractivity contribution is 7.17. The van der Waals surface area contributed by atoms with Crippen LogP contribution in [0.5, 0.6) is 0 Å². The fraction of sp³-hybridized carbons (Fsp3) is 0.214. The Labute approximate surface area is 217 Å². The lowest BCUT2D eigenvalue weighted by atomic mass is 10.1. The van der Waals surface area contributed by atoms with Crippen LogP contribution >= 0.6 is 11.3 Å². The van der Waals surface area contributed by atoms with Crippen LogP contribution in [-0.4, -0.2) is 40.1 Å². The molecular formula is C28H25N5O3S. The van der Waals surface area contributed by atoms with E-state index in [1.165, 1.54) is 16.0 Å².